The van der Waals surface area contributed by atoms with Gasteiger partial charge in [0.2, 0.25) is 0 Å². The second-order valence-corrected chi connectivity index (χ2v) is 4.66. The van der Waals surface area contributed by atoms with E-state index in [0.717, 1.165) is 45.2 Å². The minimum Gasteiger partial charge on any atom is -0.328 e. The van der Waals surface area contributed by atoms with Gasteiger partial charge in [0, 0.05) is 24.9 Å². The van der Waals surface area contributed by atoms with E-state index < -0.39 is 0 Å². The third-order valence-corrected chi connectivity index (χ3v) is 3.55. The van der Waals surface area contributed by atoms with E-state index in [2.05, 4.69) is 4.90 Å². The number of hydrogen-bond acceptors (Lipinski definition) is 3. The monoisotopic (exact) mass is 196 g/mol. The van der Waals surface area contributed by atoms with E-state index in [1.165, 1.54) is 6.42 Å². The molecule has 0 aromatic rings. The van der Waals surface area contributed by atoms with E-state index in [4.69, 9.17) is 5.73 Å². The topological polar surface area (TPSA) is 46.3 Å². The Balaban J connectivity index is 1.85. The van der Waals surface area contributed by atoms with Crippen LogP contribution in [0, 0.1) is 0 Å². The molecule has 1 unspecified atom stereocenters. The van der Waals surface area contributed by atoms with Gasteiger partial charge in [0.05, 0.1) is 0 Å². The first kappa shape index (κ1) is 10.1. The Hall–Kier alpha value is -0.410. The molecule has 1 saturated heterocycles. The molecule has 2 N–H and O–H groups in total. The lowest BCUT2D eigenvalue weighted by molar-refractivity contribution is -0.122. The molecular formula is C11H20N2O. The van der Waals surface area contributed by atoms with Gasteiger partial charge in [0.25, 0.3) is 0 Å². The summed E-state index contributed by atoms with van der Waals surface area (Å²) in [5, 5.41) is 0. The first-order valence-electron chi connectivity index (χ1n) is 5.77. The summed E-state index contributed by atoms with van der Waals surface area (Å²) in [6.07, 6.45) is 6.10. The molecule has 0 radical (unpaired) electrons. The number of hydrogen-bond donors (Lipinski definition) is 1. The van der Waals surface area contributed by atoms with Gasteiger partial charge in [-0.15, -0.1) is 0 Å². The van der Waals surface area contributed by atoms with Crippen molar-refractivity contribution in [3.63, 3.8) is 0 Å². The highest BCUT2D eigenvalue weighted by molar-refractivity contribution is 5.79. The van der Waals surface area contributed by atoms with E-state index >= 15 is 0 Å². The maximum Gasteiger partial charge on any atom is 0.134 e. The van der Waals surface area contributed by atoms with Gasteiger partial charge < -0.3 is 5.73 Å². The predicted molar refractivity (Wildman–Crippen MR) is 56.0 cm³/mol. The number of piperidine rings is 1. The fourth-order valence-corrected chi connectivity index (χ4v) is 2.60. The van der Waals surface area contributed by atoms with Crippen LogP contribution in [0.4, 0.5) is 0 Å². The van der Waals surface area contributed by atoms with Crippen LogP contribution in [-0.4, -0.2) is 35.9 Å². The number of carbonyl (C=O) groups excluding carboxylic acids is 1. The first-order valence-corrected chi connectivity index (χ1v) is 5.77. The van der Waals surface area contributed by atoms with Crippen molar-refractivity contribution in [1.82, 2.24) is 4.90 Å². The molecular weight excluding hydrogens is 176 g/mol. The summed E-state index contributed by atoms with van der Waals surface area (Å²) in [5.74, 6) is 0.455. The third-order valence-electron chi connectivity index (χ3n) is 3.55. The molecule has 3 heteroatoms. The van der Waals surface area contributed by atoms with Crippen LogP contribution in [-0.2, 0) is 4.79 Å². The highest BCUT2D eigenvalue weighted by Crippen LogP contribution is 2.23. The maximum absolute atomic E-state index is 11.3. The number of nitrogens with two attached hydrogens (primary N) is 1. The van der Waals surface area contributed by atoms with Crippen LogP contribution < -0.4 is 5.73 Å². The van der Waals surface area contributed by atoms with Crippen molar-refractivity contribution in [2.24, 2.45) is 5.73 Å². The molecule has 1 saturated carbocycles. The third kappa shape index (κ3) is 2.34. The van der Waals surface area contributed by atoms with Gasteiger partial charge in [0.15, 0.2) is 0 Å². The Bertz CT molecular complexity index is 209. The first-order chi connectivity index (χ1) is 6.75. The zero-order valence-electron chi connectivity index (χ0n) is 8.74. The van der Waals surface area contributed by atoms with Crippen molar-refractivity contribution in [2.45, 2.75) is 50.6 Å². The van der Waals surface area contributed by atoms with Crippen LogP contribution in [0.3, 0.4) is 0 Å². The normalized spacial score (nSPS) is 32.1. The molecule has 2 rings (SSSR count). The second-order valence-electron chi connectivity index (χ2n) is 4.66. The standard InChI is InChI=1S/C11H20N2O/c12-9-4-6-13(7-5-9)10-2-1-3-11(14)8-10/h9-10H,1-8,12H2. The lowest BCUT2D eigenvalue weighted by Crippen LogP contribution is -2.46. The quantitative estimate of drug-likeness (QED) is 0.678. The van der Waals surface area contributed by atoms with Gasteiger partial charge in [-0.3, -0.25) is 9.69 Å². The Morgan fingerprint density at radius 3 is 2.57 bits per heavy atom. The zero-order valence-corrected chi connectivity index (χ0v) is 8.74. The Kier molecular flexibility index (Phi) is 3.19. The van der Waals surface area contributed by atoms with Crippen molar-refractivity contribution in [3.8, 4) is 0 Å². The number of ketones is 1. The van der Waals surface area contributed by atoms with E-state index in [0.29, 0.717) is 17.9 Å². The lowest BCUT2D eigenvalue weighted by Gasteiger charge is -2.37. The molecule has 14 heavy (non-hydrogen) atoms. The summed E-state index contributed by atoms with van der Waals surface area (Å²) < 4.78 is 0. The summed E-state index contributed by atoms with van der Waals surface area (Å²) in [7, 11) is 0. The molecule has 0 aromatic carbocycles. The average molecular weight is 196 g/mol. The fraction of sp³-hybridized carbons (Fsp3) is 0.909. The summed E-state index contributed by atoms with van der Waals surface area (Å²) in [4.78, 5) is 13.8. The molecule has 2 aliphatic rings. The molecule has 1 aliphatic carbocycles. The van der Waals surface area contributed by atoms with Crippen LogP contribution in [0.25, 0.3) is 0 Å². The number of carbonyl (C=O) groups is 1. The maximum atomic E-state index is 11.3. The van der Waals surface area contributed by atoms with Crippen molar-refractivity contribution < 1.29 is 4.79 Å². The molecule has 3 nitrogen and oxygen atoms in total. The average Bonchev–Trinajstić information content (AvgIpc) is 2.19. The fourth-order valence-electron chi connectivity index (χ4n) is 2.60. The molecule has 0 spiro atoms. The van der Waals surface area contributed by atoms with Crippen LogP contribution in [0.2, 0.25) is 0 Å². The highest BCUT2D eigenvalue weighted by Gasteiger charge is 2.27. The summed E-state index contributed by atoms with van der Waals surface area (Å²) in [5.41, 5.74) is 5.86. The van der Waals surface area contributed by atoms with Crippen molar-refractivity contribution in [1.29, 1.82) is 0 Å². The number of nitrogens with zero attached hydrogens (tertiary/aromatic N) is 1. The van der Waals surface area contributed by atoms with Crippen LogP contribution in [0.15, 0.2) is 0 Å². The zero-order chi connectivity index (χ0) is 9.97. The Morgan fingerprint density at radius 1 is 1.21 bits per heavy atom. The van der Waals surface area contributed by atoms with E-state index in [-0.39, 0.29) is 0 Å². The highest BCUT2D eigenvalue weighted by atomic mass is 16.1. The molecule has 1 atom stereocenters. The molecule has 1 heterocycles. The number of likely N-dealkylation sites (tertiary alicyclic amines) is 1. The summed E-state index contributed by atoms with van der Waals surface area (Å²) >= 11 is 0. The summed E-state index contributed by atoms with van der Waals surface area (Å²) in [6.45, 7) is 2.19. The molecule has 0 aromatic heterocycles. The molecule has 0 amide bonds. The minimum absolute atomic E-state index is 0.394. The van der Waals surface area contributed by atoms with Gasteiger partial charge in [0.1, 0.15) is 5.78 Å². The van der Waals surface area contributed by atoms with Gasteiger partial charge in [-0.1, -0.05) is 0 Å². The van der Waals surface area contributed by atoms with Crippen LogP contribution in [0.5, 0.6) is 0 Å². The number of Topliss-reactive ketones (excluding diaryl/α,β-unsaturated/α-hetero) is 1. The van der Waals surface area contributed by atoms with Gasteiger partial charge in [-0.05, 0) is 38.8 Å². The number of rotatable bonds is 1. The molecule has 2 fully saturated rings. The van der Waals surface area contributed by atoms with Crippen LogP contribution in [0.1, 0.15) is 38.5 Å². The molecule has 80 valence electrons. The summed E-state index contributed by atoms with van der Waals surface area (Å²) in [6, 6.07) is 0.925. The lowest BCUT2D eigenvalue weighted by atomic mass is 9.91. The molecule has 1 aliphatic heterocycles. The van der Waals surface area contributed by atoms with Crippen LogP contribution >= 0.6 is 0 Å². The largest absolute Gasteiger partial charge is 0.328 e. The second kappa shape index (κ2) is 4.41. The Morgan fingerprint density at radius 2 is 1.93 bits per heavy atom. The predicted octanol–water partition coefficient (Wildman–Crippen LogP) is 0.921. The van der Waals surface area contributed by atoms with E-state index in [9.17, 15) is 4.79 Å². The van der Waals surface area contributed by atoms with Crippen molar-refractivity contribution in [3.05, 3.63) is 0 Å². The minimum atomic E-state index is 0.394. The van der Waals surface area contributed by atoms with Gasteiger partial charge >= 0.3 is 0 Å². The molecule has 0 bridgehead atoms. The van der Waals surface area contributed by atoms with E-state index in [1.807, 2.05) is 0 Å². The van der Waals surface area contributed by atoms with Crippen molar-refractivity contribution >= 4 is 5.78 Å². The van der Waals surface area contributed by atoms with Crippen molar-refractivity contribution in [2.75, 3.05) is 13.1 Å². The SMILES string of the molecule is NC1CCN(C2CCCC(=O)C2)CC1. The van der Waals surface area contributed by atoms with E-state index in [1.54, 1.807) is 0 Å². The van der Waals surface area contributed by atoms with Gasteiger partial charge in [-0.2, -0.15) is 0 Å². The smallest absolute Gasteiger partial charge is 0.134 e. The Labute approximate surface area is 85.6 Å². The van der Waals surface area contributed by atoms with Gasteiger partial charge in [-0.25, -0.2) is 0 Å².